The van der Waals surface area contributed by atoms with Crippen LogP contribution < -0.4 is 25.4 Å². The van der Waals surface area contributed by atoms with E-state index in [1.54, 1.807) is 87.0 Å². The second-order valence-corrected chi connectivity index (χ2v) is 6.70. The summed E-state index contributed by atoms with van der Waals surface area (Å²) in [5, 5.41) is 8.03. The van der Waals surface area contributed by atoms with Gasteiger partial charge in [-0.25, -0.2) is 0 Å². The fourth-order valence-electron chi connectivity index (χ4n) is 2.80. The Morgan fingerprint density at radius 1 is 0.750 bits per heavy atom. The van der Waals surface area contributed by atoms with E-state index in [-0.39, 0.29) is 24.3 Å². The molecule has 0 fully saturated rings. The summed E-state index contributed by atoms with van der Waals surface area (Å²) in [6.45, 7) is -0.180. The minimum Gasteiger partial charge on any atom is -0.497 e. The third kappa shape index (κ3) is 6.09. The Morgan fingerprint density at radius 2 is 1.41 bits per heavy atom. The zero-order chi connectivity index (χ0) is 22.9. The Balaban J connectivity index is 1.51. The standard InChI is InChI=1S/C24H23N3O5/c1-25-23(29)16-6-10-18(11-7-16)27-24(30)17-8-12-20(13-9-17)32-15-22(28)26-19-4-3-5-21(14-19)31-2/h3-14H,15H2,1-2H3,(H,25,29)(H,26,28)(H,27,30). The van der Waals surface area contributed by atoms with Gasteiger partial charge in [0.15, 0.2) is 6.61 Å². The summed E-state index contributed by atoms with van der Waals surface area (Å²) >= 11 is 0. The van der Waals surface area contributed by atoms with Gasteiger partial charge in [0, 0.05) is 35.6 Å². The van der Waals surface area contributed by atoms with Crippen molar-refractivity contribution >= 4 is 29.1 Å². The molecule has 3 rings (SSSR count). The summed E-state index contributed by atoms with van der Waals surface area (Å²) in [7, 11) is 3.11. The van der Waals surface area contributed by atoms with Crippen LogP contribution in [-0.2, 0) is 4.79 Å². The predicted molar refractivity (Wildman–Crippen MR) is 121 cm³/mol. The van der Waals surface area contributed by atoms with Crippen LogP contribution in [0.5, 0.6) is 11.5 Å². The molecule has 3 aromatic carbocycles. The molecule has 0 heterocycles. The van der Waals surface area contributed by atoms with E-state index in [2.05, 4.69) is 16.0 Å². The molecule has 0 spiro atoms. The molecule has 0 aliphatic heterocycles. The molecule has 0 aromatic heterocycles. The second-order valence-electron chi connectivity index (χ2n) is 6.70. The van der Waals surface area contributed by atoms with Gasteiger partial charge in [-0.2, -0.15) is 0 Å². The van der Waals surface area contributed by atoms with Crippen molar-refractivity contribution in [1.29, 1.82) is 0 Å². The first-order chi connectivity index (χ1) is 15.5. The number of carbonyl (C=O) groups excluding carboxylic acids is 3. The maximum absolute atomic E-state index is 12.4. The van der Waals surface area contributed by atoms with Crippen LogP contribution in [0, 0.1) is 0 Å². The summed E-state index contributed by atoms with van der Waals surface area (Å²) in [5.41, 5.74) is 2.10. The second kappa shape index (κ2) is 10.6. The van der Waals surface area contributed by atoms with Crippen molar-refractivity contribution in [3.8, 4) is 11.5 Å². The maximum atomic E-state index is 12.4. The van der Waals surface area contributed by atoms with Crippen molar-refractivity contribution in [2.75, 3.05) is 31.4 Å². The van der Waals surface area contributed by atoms with Crippen molar-refractivity contribution < 1.29 is 23.9 Å². The van der Waals surface area contributed by atoms with Crippen LogP contribution in [0.15, 0.2) is 72.8 Å². The van der Waals surface area contributed by atoms with E-state index in [0.717, 1.165) is 0 Å². The molecule has 164 valence electrons. The molecule has 0 aliphatic carbocycles. The Hall–Kier alpha value is -4.33. The van der Waals surface area contributed by atoms with Gasteiger partial charge < -0.3 is 25.4 Å². The lowest BCUT2D eigenvalue weighted by molar-refractivity contribution is -0.118. The summed E-state index contributed by atoms with van der Waals surface area (Å²) < 4.78 is 10.6. The zero-order valence-electron chi connectivity index (χ0n) is 17.7. The van der Waals surface area contributed by atoms with Gasteiger partial charge in [0.2, 0.25) is 0 Å². The zero-order valence-corrected chi connectivity index (χ0v) is 17.7. The van der Waals surface area contributed by atoms with E-state index in [1.165, 1.54) is 0 Å². The highest BCUT2D eigenvalue weighted by Gasteiger charge is 2.09. The van der Waals surface area contributed by atoms with Crippen LogP contribution in [0.25, 0.3) is 0 Å². The first-order valence-electron chi connectivity index (χ1n) is 9.79. The van der Waals surface area contributed by atoms with E-state index in [1.807, 2.05) is 0 Å². The minimum absolute atomic E-state index is 0.180. The number of benzene rings is 3. The third-order valence-electron chi connectivity index (χ3n) is 4.47. The van der Waals surface area contributed by atoms with Crippen LogP contribution in [0.2, 0.25) is 0 Å². The number of nitrogens with one attached hydrogen (secondary N) is 3. The lowest BCUT2D eigenvalue weighted by Crippen LogP contribution is -2.20. The van der Waals surface area contributed by atoms with Gasteiger partial charge in [-0.3, -0.25) is 14.4 Å². The highest BCUT2D eigenvalue weighted by Crippen LogP contribution is 2.18. The number of anilines is 2. The van der Waals surface area contributed by atoms with Crippen molar-refractivity contribution in [2.45, 2.75) is 0 Å². The number of hydrogen-bond donors (Lipinski definition) is 3. The van der Waals surface area contributed by atoms with Crippen molar-refractivity contribution in [3.63, 3.8) is 0 Å². The summed E-state index contributed by atoms with van der Waals surface area (Å²) in [6, 6.07) is 20.0. The van der Waals surface area contributed by atoms with Crippen LogP contribution in [0.1, 0.15) is 20.7 Å². The van der Waals surface area contributed by atoms with Gasteiger partial charge in [-0.15, -0.1) is 0 Å². The molecule has 8 heteroatoms. The van der Waals surface area contributed by atoms with E-state index in [0.29, 0.717) is 34.0 Å². The summed E-state index contributed by atoms with van der Waals surface area (Å²) in [5.74, 6) is 0.271. The van der Waals surface area contributed by atoms with Crippen molar-refractivity contribution in [3.05, 3.63) is 83.9 Å². The highest BCUT2D eigenvalue weighted by atomic mass is 16.5. The van der Waals surface area contributed by atoms with Gasteiger partial charge in [0.1, 0.15) is 11.5 Å². The summed E-state index contributed by atoms with van der Waals surface area (Å²) in [6.07, 6.45) is 0. The minimum atomic E-state index is -0.319. The normalized spacial score (nSPS) is 10.1. The molecule has 8 nitrogen and oxygen atoms in total. The largest absolute Gasteiger partial charge is 0.497 e. The van der Waals surface area contributed by atoms with Crippen LogP contribution in [0.3, 0.4) is 0 Å². The number of carbonyl (C=O) groups is 3. The molecule has 0 radical (unpaired) electrons. The van der Waals surface area contributed by atoms with Crippen LogP contribution in [0.4, 0.5) is 11.4 Å². The van der Waals surface area contributed by atoms with Crippen LogP contribution >= 0.6 is 0 Å². The molecule has 3 amide bonds. The predicted octanol–water partition coefficient (Wildman–Crippen LogP) is 3.32. The van der Waals surface area contributed by atoms with E-state index in [9.17, 15) is 14.4 Å². The molecule has 0 aliphatic rings. The SMILES string of the molecule is CNC(=O)c1ccc(NC(=O)c2ccc(OCC(=O)Nc3cccc(OC)c3)cc2)cc1. The molecule has 0 atom stereocenters. The molecule has 0 saturated heterocycles. The van der Waals surface area contributed by atoms with Crippen molar-refractivity contribution in [1.82, 2.24) is 5.32 Å². The molecule has 0 saturated carbocycles. The van der Waals surface area contributed by atoms with Gasteiger partial charge in [0.25, 0.3) is 17.7 Å². The average molecular weight is 433 g/mol. The van der Waals surface area contributed by atoms with Gasteiger partial charge in [-0.05, 0) is 60.7 Å². The average Bonchev–Trinajstić information content (AvgIpc) is 2.83. The van der Waals surface area contributed by atoms with E-state index >= 15 is 0 Å². The number of hydrogen-bond acceptors (Lipinski definition) is 5. The number of ether oxygens (including phenoxy) is 2. The van der Waals surface area contributed by atoms with E-state index < -0.39 is 0 Å². The van der Waals surface area contributed by atoms with Crippen LogP contribution in [-0.4, -0.2) is 38.5 Å². The number of amides is 3. The first-order valence-corrected chi connectivity index (χ1v) is 9.79. The Bertz CT molecular complexity index is 1100. The van der Waals surface area contributed by atoms with Gasteiger partial charge in [-0.1, -0.05) is 6.07 Å². The summed E-state index contributed by atoms with van der Waals surface area (Å²) in [4.78, 5) is 36.1. The lowest BCUT2D eigenvalue weighted by atomic mass is 10.1. The quantitative estimate of drug-likeness (QED) is 0.505. The van der Waals surface area contributed by atoms with E-state index in [4.69, 9.17) is 9.47 Å². The highest BCUT2D eigenvalue weighted by molar-refractivity contribution is 6.04. The van der Waals surface area contributed by atoms with Gasteiger partial charge in [0.05, 0.1) is 7.11 Å². The topological polar surface area (TPSA) is 106 Å². The fraction of sp³-hybridized carbons (Fsp3) is 0.125. The maximum Gasteiger partial charge on any atom is 0.262 e. The molecular weight excluding hydrogens is 410 g/mol. The lowest BCUT2D eigenvalue weighted by Gasteiger charge is -2.09. The molecule has 0 unspecified atom stereocenters. The first kappa shape index (κ1) is 22.4. The molecule has 0 bridgehead atoms. The Kier molecular flexibility index (Phi) is 7.42. The molecule has 32 heavy (non-hydrogen) atoms. The van der Waals surface area contributed by atoms with Gasteiger partial charge >= 0.3 is 0 Å². The molecule has 3 N–H and O–H groups in total. The Labute approximate surface area is 185 Å². The smallest absolute Gasteiger partial charge is 0.262 e. The third-order valence-corrected chi connectivity index (χ3v) is 4.47. The Morgan fingerprint density at radius 3 is 2.06 bits per heavy atom. The number of methoxy groups -OCH3 is 1. The fourth-order valence-corrected chi connectivity index (χ4v) is 2.80. The monoisotopic (exact) mass is 433 g/mol. The van der Waals surface area contributed by atoms with Crippen molar-refractivity contribution in [2.24, 2.45) is 0 Å². The molecular formula is C24H23N3O5. The number of rotatable bonds is 8. The molecule has 3 aromatic rings.